The molecule has 1 fully saturated rings. The van der Waals surface area contributed by atoms with Crippen molar-refractivity contribution in [3.05, 3.63) is 35.1 Å². The zero-order valence-corrected chi connectivity index (χ0v) is 12.8. The SMILES string of the molecule is Cc1nc(-c2ccncc2)sc1C(=O)N1CCSCC1. The van der Waals surface area contributed by atoms with Crippen LogP contribution in [0.4, 0.5) is 0 Å². The average molecular weight is 305 g/mol. The molecule has 0 bridgehead atoms. The summed E-state index contributed by atoms with van der Waals surface area (Å²) in [5.74, 6) is 2.18. The summed E-state index contributed by atoms with van der Waals surface area (Å²) in [4.78, 5) is 23.8. The maximum Gasteiger partial charge on any atom is 0.265 e. The van der Waals surface area contributed by atoms with Gasteiger partial charge in [-0.05, 0) is 19.1 Å². The van der Waals surface area contributed by atoms with Crippen LogP contribution < -0.4 is 0 Å². The van der Waals surface area contributed by atoms with E-state index in [0.29, 0.717) is 0 Å². The van der Waals surface area contributed by atoms with Gasteiger partial charge in [0.1, 0.15) is 9.88 Å². The minimum absolute atomic E-state index is 0.126. The average Bonchev–Trinajstić information content (AvgIpc) is 2.90. The molecule has 3 heterocycles. The number of aryl methyl sites for hydroxylation is 1. The largest absolute Gasteiger partial charge is 0.336 e. The van der Waals surface area contributed by atoms with Gasteiger partial charge in [-0.1, -0.05) is 0 Å². The molecule has 0 aliphatic carbocycles. The first-order valence-electron chi connectivity index (χ1n) is 6.50. The van der Waals surface area contributed by atoms with Crippen molar-refractivity contribution in [3.63, 3.8) is 0 Å². The number of nitrogens with zero attached hydrogens (tertiary/aromatic N) is 3. The lowest BCUT2D eigenvalue weighted by Crippen LogP contribution is -2.37. The zero-order valence-electron chi connectivity index (χ0n) is 11.2. The van der Waals surface area contributed by atoms with Crippen LogP contribution >= 0.6 is 23.1 Å². The Labute approximate surface area is 126 Å². The number of thioether (sulfide) groups is 1. The van der Waals surface area contributed by atoms with Gasteiger partial charge < -0.3 is 4.90 Å². The Morgan fingerprint density at radius 1 is 1.25 bits per heavy atom. The Balaban J connectivity index is 1.87. The first-order valence-corrected chi connectivity index (χ1v) is 8.47. The maximum atomic E-state index is 12.5. The number of aromatic nitrogens is 2. The molecule has 0 unspecified atom stereocenters. The molecule has 3 rings (SSSR count). The second kappa shape index (κ2) is 5.93. The monoisotopic (exact) mass is 305 g/mol. The highest BCUT2D eigenvalue weighted by Gasteiger charge is 2.23. The van der Waals surface area contributed by atoms with Crippen LogP contribution in [-0.4, -0.2) is 45.4 Å². The summed E-state index contributed by atoms with van der Waals surface area (Å²) >= 11 is 3.38. The maximum absolute atomic E-state index is 12.5. The molecule has 20 heavy (non-hydrogen) atoms. The van der Waals surface area contributed by atoms with Gasteiger partial charge in [-0.3, -0.25) is 9.78 Å². The van der Waals surface area contributed by atoms with E-state index < -0.39 is 0 Å². The van der Waals surface area contributed by atoms with E-state index in [4.69, 9.17) is 0 Å². The van der Waals surface area contributed by atoms with E-state index in [-0.39, 0.29) is 5.91 Å². The first kappa shape index (κ1) is 13.6. The highest BCUT2D eigenvalue weighted by atomic mass is 32.2. The second-order valence-corrected chi connectivity index (χ2v) is 6.80. The molecular formula is C14H15N3OS2. The highest BCUT2D eigenvalue weighted by Crippen LogP contribution is 2.28. The molecule has 1 aliphatic rings. The smallest absolute Gasteiger partial charge is 0.265 e. The molecule has 1 saturated heterocycles. The Morgan fingerprint density at radius 2 is 1.95 bits per heavy atom. The van der Waals surface area contributed by atoms with Gasteiger partial charge in [0.2, 0.25) is 0 Å². The molecule has 6 heteroatoms. The van der Waals surface area contributed by atoms with E-state index in [1.165, 1.54) is 11.3 Å². The van der Waals surface area contributed by atoms with Crippen LogP contribution in [0.3, 0.4) is 0 Å². The molecule has 0 atom stereocenters. The fourth-order valence-electron chi connectivity index (χ4n) is 2.12. The van der Waals surface area contributed by atoms with Crippen molar-refractivity contribution in [1.29, 1.82) is 0 Å². The molecule has 0 radical (unpaired) electrons. The van der Waals surface area contributed by atoms with Crippen molar-refractivity contribution in [2.75, 3.05) is 24.6 Å². The first-order chi connectivity index (χ1) is 9.75. The molecular weight excluding hydrogens is 290 g/mol. The lowest BCUT2D eigenvalue weighted by Gasteiger charge is -2.25. The summed E-state index contributed by atoms with van der Waals surface area (Å²) in [6.45, 7) is 3.59. The van der Waals surface area contributed by atoms with Crippen molar-refractivity contribution in [2.24, 2.45) is 0 Å². The van der Waals surface area contributed by atoms with Gasteiger partial charge in [-0.2, -0.15) is 11.8 Å². The molecule has 2 aromatic heterocycles. The molecule has 4 nitrogen and oxygen atoms in total. The van der Waals surface area contributed by atoms with E-state index >= 15 is 0 Å². The van der Waals surface area contributed by atoms with Crippen LogP contribution in [0.25, 0.3) is 10.6 Å². The minimum Gasteiger partial charge on any atom is -0.336 e. The fourth-order valence-corrected chi connectivity index (χ4v) is 4.07. The van der Waals surface area contributed by atoms with Crippen molar-refractivity contribution in [3.8, 4) is 10.6 Å². The van der Waals surface area contributed by atoms with Gasteiger partial charge >= 0.3 is 0 Å². The number of rotatable bonds is 2. The van der Waals surface area contributed by atoms with Crippen molar-refractivity contribution < 1.29 is 4.79 Å². The summed E-state index contributed by atoms with van der Waals surface area (Å²) in [5, 5.41) is 0.889. The second-order valence-electron chi connectivity index (χ2n) is 4.57. The van der Waals surface area contributed by atoms with Gasteiger partial charge in [0.05, 0.1) is 5.69 Å². The number of pyridine rings is 1. The Morgan fingerprint density at radius 3 is 2.65 bits per heavy atom. The number of carbonyl (C=O) groups is 1. The van der Waals surface area contributed by atoms with E-state index in [1.807, 2.05) is 35.7 Å². The van der Waals surface area contributed by atoms with Crippen molar-refractivity contribution >= 4 is 29.0 Å². The van der Waals surface area contributed by atoms with Crippen LogP contribution in [0.15, 0.2) is 24.5 Å². The lowest BCUT2D eigenvalue weighted by atomic mass is 10.3. The van der Waals surface area contributed by atoms with Crippen LogP contribution in [0.2, 0.25) is 0 Å². The number of amides is 1. The van der Waals surface area contributed by atoms with Crippen LogP contribution in [0, 0.1) is 6.92 Å². The molecule has 0 spiro atoms. The van der Waals surface area contributed by atoms with Crippen LogP contribution in [0.5, 0.6) is 0 Å². The Bertz CT molecular complexity index is 606. The van der Waals surface area contributed by atoms with Crippen LogP contribution in [0.1, 0.15) is 15.4 Å². The predicted molar refractivity (Wildman–Crippen MR) is 83.3 cm³/mol. The van der Waals surface area contributed by atoms with Gasteiger partial charge in [-0.15, -0.1) is 11.3 Å². The molecule has 0 aromatic carbocycles. The standard InChI is InChI=1S/C14H15N3OS2/c1-10-12(14(18)17-6-8-19-9-7-17)20-13(16-10)11-2-4-15-5-3-11/h2-5H,6-9H2,1H3. The number of carbonyl (C=O) groups excluding carboxylic acids is 1. The Kier molecular flexibility index (Phi) is 4.03. The summed E-state index contributed by atoms with van der Waals surface area (Å²) < 4.78 is 0. The van der Waals surface area contributed by atoms with Crippen molar-refractivity contribution in [1.82, 2.24) is 14.9 Å². The van der Waals surface area contributed by atoms with E-state index in [9.17, 15) is 4.79 Å². The van der Waals surface area contributed by atoms with Gasteiger partial charge in [0, 0.05) is 42.6 Å². The van der Waals surface area contributed by atoms with Crippen LogP contribution in [-0.2, 0) is 0 Å². The molecule has 2 aromatic rings. The number of thiazole rings is 1. The quantitative estimate of drug-likeness (QED) is 0.856. The summed E-state index contributed by atoms with van der Waals surface area (Å²) in [6.07, 6.45) is 3.49. The van der Waals surface area contributed by atoms with Gasteiger partial charge in [-0.25, -0.2) is 4.98 Å². The molecule has 0 saturated carbocycles. The lowest BCUT2D eigenvalue weighted by molar-refractivity contribution is 0.0776. The molecule has 1 aliphatic heterocycles. The normalized spacial score (nSPS) is 15.3. The van der Waals surface area contributed by atoms with E-state index in [1.54, 1.807) is 12.4 Å². The third kappa shape index (κ3) is 2.71. The summed E-state index contributed by atoms with van der Waals surface area (Å²) in [5.41, 5.74) is 1.84. The fraction of sp³-hybridized carbons (Fsp3) is 0.357. The highest BCUT2D eigenvalue weighted by molar-refractivity contribution is 7.99. The summed E-state index contributed by atoms with van der Waals surface area (Å²) in [7, 11) is 0. The number of hydrogen-bond acceptors (Lipinski definition) is 5. The van der Waals surface area contributed by atoms with E-state index in [2.05, 4.69) is 9.97 Å². The topological polar surface area (TPSA) is 46.1 Å². The van der Waals surface area contributed by atoms with Gasteiger partial charge in [0.15, 0.2) is 0 Å². The van der Waals surface area contributed by atoms with E-state index in [0.717, 1.165) is 45.7 Å². The molecule has 104 valence electrons. The third-order valence-electron chi connectivity index (χ3n) is 3.22. The third-order valence-corrected chi connectivity index (χ3v) is 5.35. The van der Waals surface area contributed by atoms with Crippen molar-refractivity contribution in [2.45, 2.75) is 6.92 Å². The predicted octanol–water partition coefficient (Wildman–Crippen LogP) is 2.70. The molecule has 1 amide bonds. The number of hydrogen-bond donors (Lipinski definition) is 0. The zero-order chi connectivity index (χ0) is 13.9. The van der Waals surface area contributed by atoms with Gasteiger partial charge in [0.25, 0.3) is 5.91 Å². The minimum atomic E-state index is 0.126. The Hall–Kier alpha value is -1.40. The molecule has 0 N–H and O–H groups in total. The summed E-state index contributed by atoms with van der Waals surface area (Å²) in [6, 6.07) is 3.84.